The number of halogens is 1. The van der Waals surface area contributed by atoms with Gasteiger partial charge in [0.05, 0.1) is 23.8 Å². The van der Waals surface area contributed by atoms with Gasteiger partial charge in [0.25, 0.3) is 0 Å². The minimum atomic E-state index is -1.04. The van der Waals surface area contributed by atoms with Crippen molar-refractivity contribution in [2.45, 2.75) is 18.8 Å². The number of carboxylic acids is 1. The zero-order valence-electron chi connectivity index (χ0n) is 13.2. The van der Waals surface area contributed by atoms with Crippen LogP contribution in [0.2, 0.25) is 0 Å². The maximum atomic E-state index is 13.4. The number of amides is 1. The SMILES string of the molecule is O=C(O)CC(CC(=O)Nc1cccc2cn[nH]c12)c1cccc(F)c1. The summed E-state index contributed by atoms with van der Waals surface area (Å²) in [5.41, 5.74) is 1.74. The fraction of sp³-hybridized carbons (Fsp3) is 0.167. The van der Waals surface area contributed by atoms with Crippen LogP contribution in [-0.2, 0) is 9.59 Å². The van der Waals surface area contributed by atoms with Gasteiger partial charge >= 0.3 is 5.97 Å². The van der Waals surface area contributed by atoms with E-state index in [1.54, 1.807) is 24.4 Å². The molecule has 1 aromatic heterocycles. The molecule has 3 N–H and O–H groups in total. The number of fused-ring (bicyclic) bond motifs is 1. The van der Waals surface area contributed by atoms with Gasteiger partial charge in [-0.3, -0.25) is 14.7 Å². The second kappa shape index (κ2) is 7.12. The van der Waals surface area contributed by atoms with Gasteiger partial charge in [0.2, 0.25) is 5.91 Å². The van der Waals surface area contributed by atoms with Gasteiger partial charge in [0.1, 0.15) is 5.82 Å². The van der Waals surface area contributed by atoms with E-state index in [9.17, 15) is 14.0 Å². The standard InChI is InChI=1S/C18H16FN3O3/c19-14-5-1-3-11(7-14)13(9-17(24)25)8-16(23)21-15-6-2-4-12-10-20-22-18(12)15/h1-7,10,13H,8-9H2,(H,20,22)(H,21,23)(H,24,25). The topological polar surface area (TPSA) is 95.1 Å². The van der Waals surface area contributed by atoms with Gasteiger partial charge in [0, 0.05) is 17.7 Å². The molecule has 25 heavy (non-hydrogen) atoms. The first-order valence-electron chi connectivity index (χ1n) is 7.72. The first-order chi connectivity index (χ1) is 12.0. The van der Waals surface area contributed by atoms with Gasteiger partial charge in [-0.05, 0) is 23.8 Å². The number of carbonyl (C=O) groups excluding carboxylic acids is 1. The Labute approximate surface area is 142 Å². The lowest BCUT2D eigenvalue weighted by Gasteiger charge is -2.15. The average Bonchev–Trinajstić information content (AvgIpc) is 3.03. The Bertz CT molecular complexity index is 923. The third-order valence-electron chi connectivity index (χ3n) is 3.92. The highest BCUT2D eigenvalue weighted by Gasteiger charge is 2.20. The average molecular weight is 341 g/mol. The Morgan fingerprint density at radius 3 is 2.76 bits per heavy atom. The molecule has 0 saturated heterocycles. The molecule has 1 atom stereocenters. The Hall–Kier alpha value is -3.22. The predicted octanol–water partition coefficient (Wildman–Crippen LogP) is 3.29. The van der Waals surface area contributed by atoms with E-state index >= 15 is 0 Å². The van der Waals surface area contributed by atoms with Gasteiger partial charge in [0.15, 0.2) is 0 Å². The van der Waals surface area contributed by atoms with Gasteiger partial charge < -0.3 is 10.4 Å². The monoisotopic (exact) mass is 341 g/mol. The number of rotatable bonds is 6. The van der Waals surface area contributed by atoms with Crippen molar-refractivity contribution in [1.29, 1.82) is 0 Å². The molecule has 1 unspecified atom stereocenters. The number of hydrogen-bond acceptors (Lipinski definition) is 3. The lowest BCUT2D eigenvalue weighted by molar-refractivity contribution is -0.137. The molecule has 0 aliphatic rings. The number of para-hydroxylation sites is 1. The second-order valence-electron chi connectivity index (χ2n) is 5.74. The van der Waals surface area contributed by atoms with Crippen molar-refractivity contribution < 1.29 is 19.1 Å². The van der Waals surface area contributed by atoms with Crippen molar-refractivity contribution in [2.75, 3.05) is 5.32 Å². The summed E-state index contributed by atoms with van der Waals surface area (Å²) in [4.78, 5) is 23.5. The largest absolute Gasteiger partial charge is 0.481 e. The van der Waals surface area contributed by atoms with Crippen molar-refractivity contribution in [3.63, 3.8) is 0 Å². The lowest BCUT2D eigenvalue weighted by atomic mass is 9.92. The van der Waals surface area contributed by atoms with Crippen LogP contribution in [0.4, 0.5) is 10.1 Å². The smallest absolute Gasteiger partial charge is 0.303 e. The summed E-state index contributed by atoms with van der Waals surface area (Å²) >= 11 is 0. The molecule has 0 fully saturated rings. The molecular formula is C18H16FN3O3. The molecule has 0 aliphatic heterocycles. The van der Waals surface area contributed by atoms with E-state index in [0.717, 1.165) is 5.39 Å². The van der Waals surface area contributed by atoms with E-state index in [4.69, 9.17) is 5.11 Å². The quantitative estimate of drug-likeness (QED) is 0.641. The fourth-order valence-corrected chi connectivity index (χ4v) is 2.78. The number of H-pyrrole nitrogens is 1. The molecule has 3 aromatic rings. The summed E-state index contributed by atoms with van der Waals surface area (Å²) in [5.74, 6) is -2.47. The van der Waals surface area contributed by atoms with E-state index < -0.39 is 17.7 Å². The number of aromatic amines is 1. The Balaban J connectivity index is 1.78. The highest BCUT2D eigenvalue weighted by Crippen LogP contribution is 2.26. The molecule has 7 heteroatoms. The van der Waals surface area contributed by atoms with E-state index in [2.05, 4.69) is 15.5 Å². The van der Waals surface area contributed by atoms with E-state index in [0.29, 0.717) is 16.8 Å². The van der Waals surface area contributed by atoms with Crippen LogP contribution in [-0.4, -0.2) is 27.2 Å². The van der Waals surface area contributed by atoms with Crippen LogP contribution in [0.25, 0.3) is 10.9 Å². The second-order valence-corrected chi connectivity index (χ2v) is 5.74. The minimum absolute atomic E-state index is 0.0692. The summed E-state index contributed by atoms with van der Waals surface area (Å²) in [6.07, 6.45) is 1.32. The Morgan fingerprint density at radius 1 is 1.20 bits per heavy atom. The van der Waals surface area contributed by atoms with Gasteiger partial charge in [-0.1, -0.05) is 24.3 Å². The number of anilines is 1. The highest BCUT2D eigenvalue weighted by atomic mass is 19.1. The molecular weight excluding hydrogens is 325 g/mol. The van der Waals surface area contributed by atoms with Crippen LogP contribution in [0, 0.1) is 5.82 Å². The fourth-order valence-electron chi connectivity index (χ4n) is 2.78. The molecule has 0 aliphatic carbocycles. The van der Waals surface area contributed by atoms with Crippen LogP contribution in [0.1, 0.15) is 24.3 Å². The number of benzene rings is 2. The van der Waals surface area contributed by atoms with Crippen molar-refractivity contribution >= 4 is 28.5 Å². The van der Waals surface area contributed by atoms with E-state index in [1.807, 2.05) is 6.07 Å². The van der Waals surface area contributed by atoms with Crippen LogP contribution in [0.5, 0.6) is 0 Å². The molecule has 0 spiro atoms. The van der Waals surface area contributed by atoms with Crippen LogP contribution in [0.15, 0.2) is 48.7 Å². The summed E-state index contributed by atoms with van der Waals surface area (Å²) in [5, 5.41) is 19.4. The summed E-state index contributed by atoms with van der Waals surface area (Å²) in [6.45, 7) is 0. The van der Waals surface area contributed by atoms with Crippen LogP contribution in [0.3, 0.4) is 0 Å². The molecule has 0 radical (unpaired) electrons. The summed E-state index contributed by atoms with van der Waals surface area (Å²) < 4.78 is 13.4. The van der Waals surface area contributed by atoms with Crippen molar-refractivity contribution in [2.24, 2.45) is 0 Å². The van der Waals surface area contributed by atoms with Crippen molar-refractivity contribution in [3.8, 4) is 0 Å². The first kappa shape index (κ1) is 16.6. The Morgan fingerprint density at radius 2 is 2.00 bits per heavy atom. The molecule has 0 saturated carbocycles. The number of hydrogen-bond donors (Lipinski definition) is 3. The molecule has 1 heterocycles. The normalized spacial score (nSPS) is 12.0. The van der Waals surface area contributed by atoms with E-state index in [-0.39, 0.29) is 18.7 Å². The minimum Gasteiger partial charge on any atom is -0.481 e. The highest BCUT2D eigenvalue weighted by molar-refractivity contribution is 6.00. The number of carbonyl (C=O) groups is 2. The number of aromatic nitrogens is 2. The molecule has 1 amide bonds. The summed E-state index contributed by atoms with van der Waals surface area (Å²) in [6, 6.07) is 11.0. The third kappa shape index (κ3) is 4.00. The third-order valence-corrected chi connectivity index (χ3v) is 3.92. The number of aliphatic carboxylic acids is 1. The molecule has 2 aromatic carbocycles. The van der Waals surface area contributed by atoms with E-state index in [1.165, 1.54) is 18.2 Å². The zero-order valence-corrected chi connectivity index (χ0v) is 13.2. The maximum absolute atomic E-state index is 13.4. The summed E-state index contributed by atoms with van der Waals surface area (Å²) in [7, 11) is 0. The molecule has 128 valence electrons. The molecule has 6 nitrogen and oxygen atoms in total. The molecule has 3 rings (SSSR count). The van der Waals surface area contributed by atoms with Gasteiger partial charge in [-0.15, -0.1) is 0 Å². The van der Waals surface area contributed by atoms with Gasteiger partial charge in [-0.25, -0.2) is 4.39 Å². The first-order valence-corrected chi connectivity index (χ1v) is 7.72. The Kier molecular flexibility index (Phi) is 4.74. The zero-order chi connectivity index (χ0) is 17.8. The van der Waals surface area contributed by atoms with Crippen molar-refractivity contribution in [1.82, 2.24) is 10.2 Å². The number of nitrogens with one attached hydrogen (secondary N) is 2. The van der Waals surface area contributed by atoms with Crippen LogP contribution < -0.4 is 5.32 Å². The number of nitrogens with zero attached hydrogens (tertiary/aromatic N) is 1. The number of carboxylic acid groups (broad SMARTS) is 1. The predicted molar refractivity (Wildman–Crippen MR) is 90.7 cm³/mol. The van der Waals surface area contributed by atoms with Crippen LogP contribution >= 0.6 is 0 Å². The van der Waals surface area contributed by atoms with Gasteiger partial charge in [-0.2, -0.15) is 5.10 Å². The maximum Gasteiger partial charge on any atom is 0.303 e. The molecule has 0 bridgehead atoms. The van der Waals surface area contributed by atoms with Crippen molar-refractivity contribution in [3.05, 3.63) is 60.0 Å². The lowest BCUT2D eigenvalue weighted by Crippen LogP contribution is -2.18.